The van der Waals surface area contributed by atoms with Crippen LogP contribution in [-0.2, 0) is 19.1 Å². The molecular weight excluding hydrogens is 414 g/mol. The first-order valence-electron chi connectivity index (χ1n) is 9.63. The number of ketones is 1. The van der Waals surface area contributed by atoms with E-state index < -0.39 is 30.2 Å². The number of aromatic nitrogens is 2. The number of hydrogen-bond acceptors (Lipinski definition) is 7. The van der Waals surface area contributed by atoms with Gasteiger partial charge < -0.3 is 14.8 Å². The van der Waals surface area contributed by atoms with E-state index in [0.29, 0.717) is 17.1 Å². The quantitative estimate of drug-likeness (QED) is 0.344. The highest BCUT2D eigenvalue weighted by molar-refractivity contribution is 6.41. The van der Waals surface area contributed by atoms with E-state index in [1.165, 1.54) is 19.2 Å². The van der Waals surface area contributed by atoms with Crippen LogP contribution in [0.1, 0.15) is 32.1 Å². The van der Waals surface area contributed by atoms with Crippen LogP contribution in [0.25, 0.3) is 5.69 Å². The molecule has 0 saturated carbocycles. The van der Waals surface area contributed by atoms with Crippen LogP contribution in [0.4, 0.5) is 5.69 Å². The Morgan fingerprint density at radius 1 is 1.00 bits per heavy atom. The Kier molecular flexibility index (Phi) is 6.79. The zero-order valence-electron chi connectivity index (χ0n) is 17.7. The fraction of sp³-hybridized carbons (Fsp3) is 0.174. The number of anilines is 1. The lowest BCUT2D eigenvalue weighted by atomic mass is 10.1. The number of carbonyl (C=O) groups is 4. The van der Waals surface area contributed by atoms with Gasteiger partial charge in [-0.15, -0.1) is 0 Å². The second-order valence-corrected chi connectivity index (χ2v) is 6.82. The lowest BCUT2D eigenvalue weighted by molar-refractivity contribution is -0.142. The van der Waals surface area contributed by atoms with Crippen molar-refractivity contribution < 1.29 is 28.7 Å². The van der Waals surface area contributed by atoms with Gasteiger partial charge in [0, 0.05) is 5.69 Å². The summed E-state index contributed by atoms with van der Waals surface area (Å²) in [5.41, 5.74) is 2.30. The van der Waals surface area contributed by atoms with E-state index in [1.54, 1.807) is 30.7 Å². The van der Waals surface area contributed by atoms with Crippen LogP contribution in [0, 0.1) is 13.8 Å². The third-order valence-electron chi connectivity index (χ3n) is 4.61. The third kappa shape index (κ3) is 4.89. The van der Waals surface area contributed by atoms with Gasteiger partial charge in [-0.05, 0) is 44.2 Å². The normalized spacial score (nSPS) is 10.3. The molecule has 1 heterocycles. The predicted octanol–water partition coefficient (Wildman–Crippen LogP) is 2.64. The summed E-state index contributed by atoms with van der Waals surface area (Å²) in [6.45, 7) is 2.63. The Morgan fingerprint density at radius 3 is 2.41 bits per heavy atom. The van der Waals surface area contributed by atoms with E-state index in [4.69, 9.17) is 4.74 Å². The largest absolute Gasteiger partial charge is 0.465 e. The average molecular weight is 435 g/mol. The standard InChI is InChI=1S/C23H21N3O6/c1-14-20(15(2)26(25-14)18-10-5-4-6-11-18)21(28)23(30)32-13-19(27)24-17-9-7-8-16(12-17)22(29)31-3/h4-12H,13H2,1-3H3,(H,24,27). The molecule has 0 radical (unpaired) electrons. The van der Waals surface area contributed by atoms with E-state index in [-0.39, 0.29) is 11.1 Å². The minimum absolute atomic E-state index is 0.130. The number of ether oxygens (including phenoxy) is 2. The number of amides is 1. The van der Waals surface area contributed by atoms with E-state index in [9.17, 15) is 19.2 Å². The number of methoxy groups -OCH3 is 1. The maximum absolute atomic E-state index is 12.6. The van der Waals surface area contributed by atoms with Crippen molar-refractivity contribution in [3.8, 4) is 5.69 Å². The number of nitrogens with one attached hydrogen (secondary N) is 1. The molecule has 0 aliphatic carbocycles. The lowest BCUT2D eigenvalue weighted by Gasteiger charge is -2.08. The molecule has 3 rings (SSSR count). The number of Topliss-reactive ketones (excluding diaryl/α,β-unsaturated/α-hetero) is 1. The highest BCUT2D eigenvalue weighted by Crippen LogP contribution is 2.19. The molecule has 1 N–H and O–H groups in total. The summed E-state index contributed by atoms with van der Waals surface area (Å²) < 4.78 is 11.1. The van der Waals surface area contributed by atoms with Crippen LogP contribution in [0.3, 0.4) is 0 Å². The Hall–Kier alpha value is -4.27. The van der Waals surface area contributed by atoms with Crippen molar-refractivity contribution in [2.45, 2.75) is 13.8 Å². The second kappa shape index (κ2) is 9.69. The Morgan fingerprint density at radius 2 is 1.72 bits per heavy atom. The van der Waals surface area contributed by atoms with Gasteiger partial charge in [0.2, 0.25) is 0 Å². The van der Waals surface area contributed by atoms with Gasteiger partial charge in [-0.25, -0.2) is 14.3 Å². The highest BCUT2D eigenvalue weighted by Gasteiger charge is 2.27. The first-order valence-corrected chi connectivity index (χ1v) is 9.63. The Labute approximate surface area is 183 Å². The van der Waals surface area contributed by atoms with Crippen LogP contribution in [0.5, 0.6) is 0 Å². The zero-order valence-corrected chi connectivity index (χ0v) is 17.7. The first-order chi connectivity index (χ1) is 15.3. The molecule has 0 fully saturated rings. The fourth-order valence-corrected chi connectivity index (χ4v) is 3.13. The molecule has 9 heteroatoms. The van der Waals surface area contributed by atoms with Gasteiger partial charge in [0.05, 0.1) is 35.3 Å². The van der Waals surface area contributed by atoms with E-state index in [1.807, 2.05) is 30.3 Å². The van der Waals surface area contributed by atoms with Gasteiger partial charge in [-0.1, -0.05) is 24.3 Å². The van der Waals surface area contributed by atoms with Crippen LogP contribution < -0.4 is 5.32 Å². The molecule has 0 aliphatic rings. The molecule has 0 saturated heterocycles. The third-order valence-corrected chi connectivity index (χ3v) is 4.61. The topological polar surface area (TPSA) is 117 Å². The smallest absolute Gasteiger partial charge is 0.380 e. The molecule has 2 aromatic carbocycles. The monoisotopic (exact) mass is 435 g/mol. The molecule has 164 valence electrons. The molecule has 0 spiro atoms. The van der Waals surface area contributed by atoms with Crippen LogP contribution in [-0.4, -0.2) is 47.1 Å². The number of esters is 2. The average Bonchev–Trinajstić information content (AvgIpc) is 3.10. The summed E-state index contributed by atoms with van der Waals surface area (Å²) in [6, 6.07) is 15.2. The predicted molar refractivity (Wildman–Crippen MR) is 115 cm³/mol. The SMILES string of the molecule is COC(=O)c1cccc(NC(=O)COC(=O)C(=O)c2c(C)nn(-c3ccccc3)c2C)c1. The number of rotatable bonds is 7. The van der Waals surface area contributed by atoms with Gasteiger partial charge in [-0.2, -0.15) is 5.10 Å². The van der Waals surface area contributed by atoms with Crippen molar-refractivity contribution in [2.24, 2.45) is 0 Å². The minimum Gasteiger partial charge on any atom is -0.465 e. The van der Waals surface area contributed by atoms with Crippen molar-refractivity contribution >= 4 is 29.3 Å². The Balaban J connectivity index is 1.64. The molecule has 0 atom stereocenters. The van der Waals surface area contributed by atoms with Gasteiger partial charge in [0.1, 0.15) is 0 Å². The Bertz CT molecular complexity index is 1180. The minimum atomic E-state index is -1.16. The van der Waals surface area contributed by atoms with Gasteiger partial charge >= 0.3 is 11.9 Å². The van der Waals surface area contributed by atoms with Crippen molar-refractivity contribution in [1.82, 2.24) is 9.78 Å². The maximum atomic E-state index is 12.6. The molecule has 1 amide bonds. The summed E-state index contributed by atoms with van der Waals surface area (Å²) in [5, 5.41) is 6.83. The second-order valence-electron chi connectivity index (χ2n) is 6.82. The van der Waals surface area contributed by atoms with Crippen molar-refractivity contribution in [1.29, 1.82) is 0 Å². The molecule has 9 nitrogen and oxygen atoms in total. The summed E-state index contributed by atoms with van der Waals surface area (Å²) >= 11 is 0. The van der Waals surface area contributed by atoms with Gasteiger partial charge in [0.25, 0.3) is 11.7 Å². The number of benzene rings is 2. The van der Waals surface area contributed by atoms with E-state index in [2.05, 4.69) is 15.2 Å². The summed E-state index contributed by atoms with van der Waals surface area (Å²) in [7, 11) is 1.25. The fourth-order valence-electron chi connectivity index (χ4n) is 3.13. The van der Waals surface area contributed by atoms with Crippen LogP contribution in [0.2, 0.25) is 0 Å². The summed E-state index contributed by atoms with van der Waals surface area (Å²) in [5.74, 6) is -3.27. The number of para-hydroxylation sites is 1. The maximum Gasteiger partial charge on any atom is 0.380 e. The molecular formula is C23H21N3O6. The van der Waals surface area contributed by atoms with Crippen molar-refractivity contribution in [3.05, 3.63) is 77.1 Å². The van der Waals surface area contributed by atoms with Crippen LogP contribution in [0.15, 0.2) is 54.6 Å². The highest BCUT2D eigenvalue weighted by atomic mass is 16.5. The molecule has 1 aromatic heterocycles. The lowest BCUT2D eigenvalue weighted by Crippen LogP contribution is -2.25. The van der Waals surface area contributed by atoms with Crippen LogP contribution >= 0.6 is 0 Å². The number of carbonyl (C=O) groups excluding carboxylic acids is 4. The summed E-state index contributed by atoms with van der Waals surface area (Å²) in [4.78, 5) is 48.6. The zero-order chi connectivity index (χ0) is 23.3. The van der Waals surface area contributed by atoms with Gasteiger partial charge in [-0.3, -0.25) is 9.59 Å². The van der Waals surface area contributed by atoms with E-state index in [0.717, 1.165) is 5.69 Å². The first kappa shape index (κ1) is 22.4. The number of nitrogens with zero attached hydrogens (tertiary/aromatic N) is 2. The number of hydrogen-bond donors (Lipinski definition) is 1. The molecule has 32 heavy (non-hydrogen) atoms. The number of aryl methyl sites for hydroxylation is 1. The summed E-state index contributed by atoms with van der Waals surface area (Å²) in [6.07, 6.45) is 0. The van der Waals surface area contributed by atoms with Gasteiger partial charge in [0.15, 0.2) is 6.61 Å². The van der Waals surface area contributed by atoms with Crippen molar-refractivity contribution in [3.63, 3.8) is 0 Å². The molecule has 0 unspecified atom stereocenters. The van der Waals surface area contributed by atoms with E-state index >= 15 is 0 Å². The molecule has 0 bridgehead atoms. The van der Waals surface area contributed by atoms with Crippen molar-refractivity contribution in [2.75, 3.05) is 19.0 Å². The molecule has 0 aliphatic heterocycles. The molecule has 3 aromatic rings.